The van der Waals surface area contributed by atoms with E-state index in [9.17, 15) is 5.26 Å². The van der Waals surface area contributed by atoms with Crippen molar-refractivity contribution in [3.05, 3.63) is 558 Å². The number of aromatic nitrogens is 6. The van der Waals surface area contributed by atoms with Gasteiger partial charge in [-0.05, 0) is 300 Å². The highest BCUT2D eigenvalue weighted by atomic mass is 15.0. The number of fused-ring (bicyclic) bond motifs is 20. The summed E-state index contributed by atoms with van der Waals surface area (Å²) in [5.41, 5.74) is 38.6. The fourth-order valence-corrected chi connectivity index (χ4v) is 23.1. The van der Waals surface area contributed by atoms with Gasteiger partial charge >= 0.3 is 0 Å². The van der Waals surface area contributed by atoms with Crippen LogP contribution in [0, 0.1) is 11.3 Å². The van der Waals surface area contributed by atoms with E-state index in [1.54, 1.807) is 0 Å². The zero-order valence-corrected chi connectivity index (χ0v) is 80.7. The van der Waals surface area contributed by atoms with Gasteiger partial charge in [0.05, 0.1) is 77.8 Å². The van der Waals surface area contributed by atoms with Gasteiger partial charge in [0.25, 0.3) is 0 Å². The Morgan fingerprint density at radius 2 is 0.338 bits per heavy atom. The van der Waals surface area contributed by atoms with Crippen LogP contribution in [0.4, 0.5) is 0 Å². The average Bonchev–Trinajstić information content (AvgIpc) is 1.59. The summed E-state index contributed by atoms with van der Waals surface area (Å²) in [6, 6.07) is 202. The zero-order chi connectivity index (χ0) is 97.8. The van der Waals surface area contributed by atoms with E-state index in [1.165, 1.54) is 220 Å². The van der Waals surface area contributed by atoms with Crippen molar-refractivity contribution in [2.45, 2.75) is 0 Å². The van der Waals surface area contributed by atoms with Crippen molar-refractivity contribution in [3.63, 3.8) is 0 Å². The summed E-state index contributed by atoms with van der Waals surface area (Å²) in [5.74, 6) is 0. The van der Waals surface area contributed by atoms with E-state index in [4.69, 9.17) is 0 Å². The van der Waals surface area contributed by atoms with E-state index in [1.807, 2.05) is 18.2 Å². The van der Waals surface area contributed by atoms with Crippen LogP contribution in [0.1, 0.15) is 5.56 Å². The SMILES string of the molecule is N#Cc1cccc(-c2cccc(-c3ccc4c5cc(-c6ccc7c(c6)c6ccccc6n7-c6ccccc6)ccc5n(-c5ccccc5)c4c3)c2)c1.c1ccc(-c2ccc(-n3c4ccccc4c4cc(-c5ccc6c(c5)c5ccccc5n6-c5ccc6ccccc6c5)ccc43)cc2)cc1.c1ccc(-c2cccc(-n3c4ccccc4c4cc(-c5ccc6c(c5)c5ccccc5n6-c5ccc6ccccc6c5)ccc43)c2)cc1. The Morgan fingerprint density at radius 3 is 0.716 bits per heavy atom. The number of nitriles is 1. The lowest BCUT2D eigenvalue weighted by Gasteiger charge is -2.11. The first-order valence-corrected chi connectivity index (χ1v) is 50.6. The van der Waals surface area contributed by atoms with Crippen molar-refractivity contribution in [2.24, 2.45) is 0 Å². The van der Waals surface area contributed by atoms with E-state index in [0.29, 0.717) is 5.56 Å². The van der Waals surface area contributed by atoms with Crippen LogP contribution in [0.15, 0.2) is 552 Å². The van der Waals surface area contributed by atoms with E-state index >= 15 is 0 Å². The van der Waals surface area contributed by atoms with Crippen LogP contribution in [0.3, 0.4) is 0 Å². The number of benzene rings is 24. The lowest BCUT2D eigenvalue weighted by molar-refractivity contribution is 1.18. The first kappa shape index (κ1) is 86.0. The summed E-state index contributed by atoms with van der Waals surface area (Å²) in [6.45, 7) is 0. The molecule has 6 aromatic heterocycles. The average molecular weight is 1880 g/mol. The lowest BCUT2D eigenvalue weighted by Crippen LogP contribution is -1.94. The molecule has 0 aliphatic rings. The van der Waals surface area contributed by atoms with Gasteiger partial charge in [-0.15, -0.1) is 0 Å². The molecule has 0 fully saturated rings. The van der Waals surface area contributed by atoms with Crippen LogP contribution in [-0.4, -0.2) is 27.4 Å². The summed E-state index contributed by atoms with van der Waals surface area (Å²) in [7, 11) is 0. The molecule has 0 spiro atoms. The molecule has 0 atom stereocenters. The molecule has 0 radical (unpaired) electrons. The van der Waals surface area contributed by atoms with Crippen LogP contribution in [0.2, 0.25) is 0 Å². The molecule has 0 bridgehead atoms. The third kappa shape index (κ3) is 14.9. The van der Waals surface area contributed by atoms with E-state index in [2.05, 4.69) is 567 Å². The van der Waals surface area contributed by atoms with E-state index in [-0.39, 0.29) is 0 Å². The van der Waals surface area contributed by atoms with Gasteiger partial charge in [-0.2, -0.15) is 5.26 Å². The topological polar surface area (TPSA) is 53.4 Å². The molecule has 0 saturated heterocycles. The van der Waals surface area contributed by atoms with Crippen molar-refractivity contribution >= 4 is 152 Å². The van der Waals surface area contributed by atoms with E-state index in [0.717, 1.165) is 44.8 Å². The Labute approximate surface area is 854 Å². The van der Waals surface area contributed by atoms with Crippen LogP contribution < -0.4 is 0 Å². The first-order chi connectivity index (χ1) is 73.3. The van der Waals surface area contributed by atoms with Crippen LogP contribution >= 0.6 is 0 Å². The van der Waals surface area contributed by atoms with Crippen molar-refractivity contribution in [1.29, 1.82) is 5.26 Å². The van der Waals surface area contributed by atoms with Crippen molar-refractivity contribution in [2.75, 3.05) is 0 Å². The summed E-state index contributed by atoms with van der Waals surface area (Å²) >= 11 is 0. The third-order valence-corrected chi connectivity index (χ3v) is 30.1. The zero-order valence-electron chi connectivity index (χ0n) is 80.7. The van der Waals surface area contributed by atoms with Crippen LogP contribution in [0.25, 0.3) is 264 Å². The van der Waals surface area contributed by atoms with Gasteiger partial charge in [0.15, 0.2) is 0 Å². The number of nitrogens with zero attached hydrogens (tertiary/aromatic N) is 7. The molecular weight excluding hydrogens is 1790 g/mol. The summed E-state index contributed by atoms with van der Waals surface area (Å²) in [5, 5.41) is 29.5. The highest BCUT2D eigenvalue weighted by molar-refractivity contribution is 6.18. The van der Waals surface area contributed by atoms with Gasteiger partial charge < -0.3 is 27.4 Å². The number of hydrogen-bond acceptors (Lipinski definition) is 1. The Bertz CT molecular complexity index is 10600. The molecule has 7 heteroatoms. The predicted molar refractivity (Wildman–Crippen MR) is 623 cm³/mol. The van der Waals surface area contributed by atoms with Gasteiger partial charge in [-0.3, -0.25) is 0 Å². The highest BCUT2D eigenvalue weighted by Crippen LogP contribution is 2.46. The highest BCUT2D eigenvalue weighted by Gasteiger charge is 2.24. The van der Waals surface area contributed by atoms with Gasteiger partial charge in [-0.25, -0.2) is 0 Å². The van der Waals surface area contributed by atoms with Crippen LogP contribution in [0.5, 0.6) is 0 Å². The molecule has 30 aromatic rings. The smallest absolute Gasteiger partial charge is 0.0991 e. The molecule has 0 saturated carbocycles. The summed E-state index contributed by atoms with van der Waals surface area (Å²) in [4.78, 5) is 0. The Balaban J connectivity index is 0.000000107. The third-order valence-electron chi connectivity index (χ3n) is 30.1. The summed E-state index contributed by atoms with van der Waals surface area (Å²) in [6.07, 6.45) is 0. The van der Waals surface area contributed by atoms with E-state index < -0.39 is 0 Å². The second-order valence-electron chi connectivity index (χ2n) is 38.6. The Morgan fingerprint density at radius 1 is 0.115 bits per heavy atom. The van der Waals surface area contributed by atoms with Gasteiger partial charge in [0, 0.05) is 98.8 Å². The van der Waals surface area contributed by atoms with Gasteiger partial charge in [0.2, 0.25) is 0 Å². The maximum Gasteiger partial charge on any atom is 0.0991 e. The minimum Gasteiger partial charge on any atom is -0.309 e. The van der Waals surface area contributed by atoms with Crippen LogP contribution in [-0.2, 0) is 0 Å². The lowest BCUT2D eigenvalue weighted by atomic mass is 9.97. The second kappa shape index (κ2) is 35.9. The fourth-order valence-electron chi connectivity index (χ4n) is 23.1. The molecule has 6 heterocycles. The molecule has 690 valence electrons. The van der Waals surface area contributed by atoms with Gasteiger partial charge in [0.1, 0.15) is 0 Å². The normalized spacial score (nSPS) is 11.6. The van der Waals surface area contributed by atoms with Gasteiger partial charge in [-0.1, -0.05) is 352 Å². The number of hydrogen-bond donors (Lipinski definition) is 0. The maximum absolute atomic E-state index is 9.47. The standard InChI is InChI=1S/C49H31N3.2C46H30N2/c50-32-33-11-9-12-34(27-33)35-13-10-14-36(28-35)39-21-24-43-45-30-38(23-26-48(45)52(49(43)31-39)41-17-5-2-6-18-41)37-22-25-47-44(29-37)42-19-7-8-20-46(42)51(47)40-15-3-1-4-16-40;1-2-11-31(12-3-1)34-15-10-16-37(27-34)47-43-19-8-6-17-39(43)41-29-35(22-25-45(41)47)36-23-26-46-42(30-36)40-18-7-9-20-44(40)48(46)38-24-21-32-13-4-5-14-33(32)28-38;1-2-10-31(11-3-1)33-18-23-37(24-19-33)47-43-16-8-6-14-39(43)41-29-35(21-26-45(41)47)36-22-27-46-42(30-36)40-15-7-9-17-44(40)48(46)38-25-20-32-12-4-5-13-34(32)28-38/h1-31H;2*1-30H. The molecule has 0 unspecified atom stereocenters. The second-order valence-corrected chi connectivity index (χ2v) is 38.6. The molecule has 0 aliphatic heterocycles. The Kier molecular flexibility index (Phi) is 20.9. The molecule has 0 aliphatic carbocycles. The monoisotopic (exact) mass is 1880 g/mol. The van der Waals surface area contributed by atoms with Crippen molar-refractivity contribution < 1.29 is 0 Å². The number of para-hydroxylation sites is 7. The van der Waals surface area contributed by atoms with Crippen molar-refractivity contribution in [3.8, 4) is 118 Å². The Hall–Kier alpha value is -19.9. The minimum atomic E-state index is 0.662. The first-order valence-electron chi connectivity index (χ1n) is 50.6. The quantitative estimate of drug-likeness (QED) is 0.113. The molecule has 24 aromatic carbocycles. The largest absolute Gasteiger partial charge is 0.309 e. The molecule has 0 amide bonds. The fraction of sp³-hybridized carbons (Fsp3) is 0. The predicted octanol–water partition coefficient (Wildman–Crippen LogP) is 37.5. The minimum absolute atomic E-state index is 0.662. The molecule has 0 N–H and O–H groups in total. The maximum atomic E-state index is 9.47. The number of rotatable bonds is 13. The van der Waals surface area contributed by atoms with Crippen molar-refractivity contribution in [1.82, 2.24) is 27.4 Å². The molecule has 7 nitrogen and oxygen atoms in total. The molecule has 148 heavy (non-hydrogen) atoms. The molecule has 30 rings (SSSR count). The summed E-state index contributed by atoms with van der Waals surface area (Å²) < 4.78 is 14.4. The molecular formula is C141H91N7.